The van der Waals surface area contributed by atoms with Gasteiger partial charge in [-0.05, 0) is 45.4 Å². The minimum absolute atomic E-state index is 0.237. The van der Waals surface area contributed by atoms with Crippen LogP contribution in [0.2, 0.25) is 0 Å². The molecular weight excluding hydrogens is 394 g/mol. The van der Waals surface area contributed by atoms with Gasteiger partial charge in [-0.3, -0.25) is 10.6 Å². The van der Waals surface area contributed by atoms with Crippen molar-refractivity contribution in [3.05, 3.63) is 0 Å². The smallest absolute Gasteiger partial charge is 0.129 e. The molecule has 4 N–H and O–H groups in total. The highest BCUT2D eigenvalue weighted by Crippen LogP contribution is 2.37. The van der Waals surface area contributed by atoms with Crippen LogP contribution in [-0.4, -0.2) is 78.2 Å². The molecule has 3 heterocycles. The van der Waals surface area contributed by atoms with Crippen molar-refractivity contribution in [1.29, 1.82) is 0 Å². The zero-order chi connectivity index (χ0) is 19.7. The summed E-state index contributed by atoms with van der Waals surface area (Å²) in [5.74, 6) is 3.00. The van der Waals surface area contributed by atoms with Crippen LogP contribution in [0.25, 0.3) is 0 Å². The third kappa shape index (κ3) is 4.84. The van der Waals surface area contributed by atoms with Crippen molar-refractivity contribution in [2.45, 2.75) is 87.0 Å². The fraction of sp³-hybridized carbons (Fsp3) is 1.00. The van der Waals surface area contributed by atoms with Gasteiger partial charge in [-0.25, -0.2) is 10.4 Å². The van der Waals surface area contributed by atoms with E-state index in [2.05, 4.69) is 52.0 Å². The van der Waals surface area contributed by atoms with Crippen molar-refractivity contribution in [1.82, 2.24) is 26.4 Å². The lowest BCUT2D eigenvalue weighted by Crippen LogP contribution is -2.61. The van der Waals surface area contributed by atoms with Crippen LogP contribution < -0.4 is 21.4 Å². The monoisotopic (exact) mass is 431 g/mol. The topological polar surface area (TPSA) is 69.8 Å². The van der Waals surface area contributed by atoms with Crippen molar-refractivity contribution in [2.75, 3.05) is 25.7 Å². The van der Waals surface area contributed by atoms with Crippen molar-refractivity contribution in [2.24, 2.45) is 5.92 Å². The van der Waals surface area contributed by atoms with Crippen LogP contribution in [0.3, 0.4) is 0 Å². The van der Waals surface area contributed by atoms with E-state index in [0.29, 0.717) is 29.4 Å². The van der Waals surface area contributed by atoms with Gasteiger partial charge in [-0.2, -0.15) is 0 Å². The average molecular weight is 432 g/mol. The van der Waals surface area contributed by atoms with Crippen LogP contribution in [0, 0.1) is 5.92 Å². The molecule has 3 aliphatic heterocycles. The third-order valence-corrected chi connectivity index (χ3v) is 9.26. The standard InChI is InChI=1S/C19H37N5O2S2/c1-11-7-12(2)24-18(20-11)22-19(23-24)28-10-14-9-27-17(21-14)13-5-6-15(25-3)16(8-13)26-4/h11-23H,5-10H2,1-4H3. The zero-order valence-electron chi connectivity index (χ0n) is 17.5. The number of rotatable bonds is 6. The van der Waals surface area contributed by atoms with Gasteiger partial charge in [0.15, 0.2) is 0 Å². The van der Waals surface area contributed by atoms with E-state index in [4.69, 9.17) is 9.47 Å². The average Bonchev–Trinajstić information content (AvgIpc) is 3.32. The SMILES string of the molecule is COC1CCC(C2NC(CSC3NC4NC(C)CC(C)N4N3)CS2)CC1OC. The van der Waals surface area contributed by atoms with Crippen molar-refractivity contribution < 1.29 is 9.47 Å². The Morgan fingerprint density at radius 1 is 1.04 bits per heavy atom. The van der Waals surface area contributed by atoms with Crippen molar-refractivity contribution in [3.63, 3.8) is 0 Å². The maximum atomic E-state index is 5.70. The van der Waals surface area contributed by atoms with E-state index in [1.165, 1.54) is 18.6 Å². The van der Waals surface area contributed by atoms with Gasteiger partial charge in [0.1, 0.15) is 11.8 Å². The van der Waals surface area contributed by atoms with Crippen LogP contribution in [-0.2, 0) is 9.47 Å². The maximum Gasteiger partial charge on any atom is 0.129 e. The molecular formula is C19H37N5O2S2. The number of thioether (sulfide) groups is 2. The van der Waals surface area contributed by atoms with Gasteiger partial charge in [0.25, 0.3) is 0 Å². The molecule has 0 aromatic carbocycles. The summed E-state index contributed by atoms with van der Waals surface area (Å²) in [6.07, 6.45) is 5.36. The summed E-state index contributed by atoms with van der Waals surface area (Å²) in [6, 6.07) is 1.69. The molecule has 1 saturated carbocycles. The van der Waals surface area contributed by atoms with E-state index < -0.39 is 0 Å². The Bertz CT molecular complexity index is 519. The first-order valence-corrected chi connectivity index (χ1v) is 12.8. The zero-order valence-corrected chi connectivity index (χ0v) is 19.2. The van der Waals surface area contributed by atoms with E-state index in [-0.39, 0.29) is 24.0 Å². The minimum Gasteiger partial charge on any atom is -0.379 e. The maximum absolute atomic E-state index is 5.70. The first kappa shape index (κ1) is 21.6. The Kier molecular flexibility index (Phi) is 7.50. The summed E-state index contributed by atoms with van der Waals surface area (Å²) in [7, 11) is 3.63. The summed E-state index contributed by atoms with van der Waals surface area (Å²) < 4.78 is 11.3. The highest BCUT2D eigenvalue weighted by molar-refractivity contribution is 8.01. The van der Waals surface area contributed by atoms with Gasteiger partial charge in [0.2, 0.25) is 0 Å². The normalized spacial score (nSPS) is 47.4. The number of ether oxygens (including phenoxy) is 2. The second kappa shape index (κ2) is 9.70. The second-order valence-electron chi connectivity index (χ2n) is 8.71. The van der Waals surface area contributed by atoms with Crippen LogP contribution >= 0.6 is 23.5 Å². The molecule has 4 aliphatic rings. The predicted octanol–water partition coefficient (Wildman–Crippen LogP) is 1.33. The Hall–Kier alpha value is 0.420. The highest BCUT2D eigenvalue weighted by Gasteiger charge is 2.40. The first-order chi connectivity index (χ1) is 13.6. The van der Waals surface area contributed by atoms with E-state index in [1.54, 1.807) is 0 Å². The molecule has 1 aliphatic carbocycles. The summed E-state index contributed by atoms with van der Waals surface area (Å²) >= 11 is 4.08. The fourth-order valence-electron chi connectivity index (χ4n) is 5.08. The van der Waals surface area contributed by atoms with Gasteiger partial charge in [0, 0.05) is 43.9 Å². The van der Waals surface area contributed by atoms with Gasteiger partial charge < -0.3 is 14.8 Å². The molecule has 28 heavy (non-hydrogen) atoms. The molecule has 0 aromatic rings. The van der Waals surface area contributed by atoms with Crippen LogP contribution in [0.15, 0.2) is 0 Å². The molecule has 0 radical (unpaired) electrons. The Balaban J connectivity index is 1.21. The lowest BCUT2D eigenvalue weighted by molar-refractivity contribution is -0.0710. The number of methoxy groups -OCH3 is 2. The molecule has 4 rings (SSSR count). The molecule has 0 spiro atoms. The number of hydrogen-bond acceptors (Lipinski definition) is 9. The fourth-order valence-corrected chi connectivity index (χ4v) is 7.75. The van der Waals surface area contributed by atoms with E-state index in [9.17, 15) is 0 Å². The molecule has 0 amide bonds. The van der Waals surface area contributed by atoms with Crippen molar-refractivity contribution >= 4 is 23.5 Å². The molecule has 4 fully saturated rings. The summed E-state index contributed by atoms with van der Waals surface area (Å²) in [5, 5.41) is 14.1. The van der Waals surface area contributed by atoms with E-state index in [0.717, 1.165) is 18.6 Å². The van der Waals surface area contributed by atoms with Crippen LogP contribution in [0.5, 0.6) is 0 Å². The largest absolute Gasteiger partial charge is 0.379 e. The molecule has 162 valence electrons. The Morgan fingerprint density at radius 2 is 1.86 bits per heavy atom. The number of nitrogens with one attached hydrogen (secondary N) is 4. The van der Waals surface area contributed by atoms with Crippen LogP contribution in [0.4, 0.5) is 0 Å². The molecule has 3 saturated heterocycles. The number of fused-ring (bicyclic) bond motifs is 1. The Morgan fingerprint density at radius 3 is 2.64 bits per heavy atom. The van der Waals surface area contributed by atoms with Gasteiger partial charge in [0.05, 0.1) is 17.6 Å². The summed E-state index contributed by atoms with van der Waals surface area (Å²) in [4.78, 5) is 0. The number of hydrogen-bond donors (Lipinski definition) is 4. The molecule has 9 atom stereocenters. The first-order valence-electron chi connectivity index (χ1n) is 10.7. The summed E-state index contributed by atoms with van der Waals surface area (Å²) in [6.45, 7) is 4.57. The molecule has 0 bridgehead atoms. The highest BCUT2D eigenvalue weighted by atomic mass is 32.2. The number of nitrogens with zero attached hydrogens (tertiary/aromatic N) is 1. The van der Waals surface area contributed by atoms with Gasteiger partial charge in [-0.1, -0.05) is 0 Å². The van der Waals surface area contributed by atoms with E-state index in [1.807, 2.05) is 26.0 Å². The van der Waals surface area contributed by atoms with Gasteiger partial charge >= 0.3 is 0 Å². The quantitative estimate of drug-likeness (QED) is 0.499. The molecule has 0 aromatic heterocycles. The minimum atomic E-state index is 0.237. The lowest BCUT2D eigenvalue weighted by atomic mass is 9.84. The molecule has 9 heteroatoms. The predicted molar refractivity (Wildman–Crippen MR) is 117 cm³/mol. The lowest BCUT2D eigenvalue weighted by Gasteiger charge is -2.38. The third-order valence-electron chi connectivity index (χ3n) is 6.61. The van der Waals surface area contributed by atoms with Crippen LogP contribution in [0.1, 0.15) is 39.5 Å². The van der Waals surface area contributed by atoms with Crippen molar-refractivity contribution in [3.8, 4) is 0 Å². The second-order valence-corrected chi connectivity index (χ2v) is 11.0. The number of hydrazine groups is 1. The molecule has 9 unspecified atom stereocenters. The van der Waals surface area contributed by atoms with Gasteiger partial charge in [-0.15, -0.1) is 23.5 Å². The summed E-state index contributed by atoms with van der Waals surface area (Å²) in [5.41, 5.74) is 3.93. The Labute approximate surface area is 178 Å². The van der Waals surface area contributed by atoms with E-state index >= 15 is 0 Å². The molecule has 7 nitrogen and oxygen atoms in total.